The number of nitrogens with zero attached hydrogens (tertiary/aromatic N) is 2. The van der Waals surface area contributed by atoms with Gasteiger partial charge in [0.2, 0.25) is 0 Å². The Morgan fingerprint density at radius 3 is 2.47 bits per heavy atom. The van der Waals surface area contributed by atoms with Gasteiger partial charge in [0.05, 0.1) is 10.0 Å². The van der Waals surface area contributed by atoms with E-state index >= 15 is 0 Å². The Kier molecular flexibility index (Phi) is 4.11. The van der Waals surface area contributed by atoms with Crippen molar-refractivity contribution < 1.29 is 0 Å². The normalized spacial score (nSPS) is 24.4. The summed E-state index contributed by atoms with van der Waals surface area (Å²) in [5, 5.41) is 1.38. The minimum Gasteiger partial charge on any atom is -0.352 e. The molecule has 2 heterocycles. The molecule has 0 N–H and O–H groups in total. The molecule has 1 saturated heterocycles. The van der Waals surface area contributed by atoms with Gasteiger partial charge < -0.3 is 4.90 Å². The minimum absolute atomic E-state index is 0.345. The average Bonchev–Trinajstić information content (AvgIpc) is 3.03. The van der Waals surface area contributed by atoms with Crippen molar-refractivity contribution in [3.63, 3.8) is 0 Å². The van der Waals surface area contributed by atoms with Crippen LogP contribution >= 0.6 is 34.8 Å². The first-order valence-electron chi connectivity index (χ1n) is 6.95. The average molecular weight is 320 g/mol. The molecule has 3 rings (SSSR count). The van der Waals surface area contributed by atoms with Crippen molar-refractivity contribution in [1.29, 1.82) is 0 Å². The van der Waals surface area contributed by atoms with E-state index in [2.05, 4.69) is 9.88 Å². The van der Waals surface area contributed by atoms with Crippen molar-refractivity contribution in [3.05, 3.63) is 21.3 Å². The molecular formula is C14H17Cl3N2. The van der Waals surface area contributed by atoms with E-state index in [1.54, 1.807) is 6.07 Å². The molecule has 0 aromatic carbocycles. The van der Waals surface area contributed by atoms with Crippen molar-refractivity contribution in [1.82, 2.24) is 4.98 Å². The highest BCUT2D eigenvalue weighted by Gasteiger charge is 2.35. The SMILES string of the molecule is Clc1cc(Cl)c(N2CCCC2C2CCCC2)nc1Cl. The van der Waals surface area contributed by atoms with Crippen LogP contribution in [0, 0.1) is 5.92 Å². The smallest absolute Gasteiger partial charge is 0.150 e. The van der Waals surface area contributed by atoms with Crippen LogP contribution in [0.3, 0.4) is 0 Å². The second-order valence-electron chi connectivity index (χ2n) is 5.51. The van der Waals surface area contributed by atoms with Gasteiger partial charge in [-0.25, -0.2) is 4.98 Å². The zero-order valence-corrected chi connectivity index (χ0v) is 13.0. The minimum atomic E-state index is 0.345. The number of pyridine rings is 1. The van der Waals surface area contributed by atoms with E-state index < -0.39 is 0 Å². The lowest BCUT2D eigenvalue weighted by Gasteiger charge is -2.31. The van der Waals surface area contributed by atoms with Gasteiger partial charge in [-0.15, -0.1) is 0 Å². The first kappa shape index (κ1) is 13.8. The van der Waals surface area contributed by atoms with E-state index in [4.69, 9.17) is 34.8 Å². The van der Waals surface area contributed by atoms with E-state index in [0.717, 1.165) is 18.3 Å². The summed E-state index contributed by atoms with van der Waals surface area (Å²) in [6, 6.07) is 2.28. The molecule has 19 heavy (non-hydrogen) atoms. The van der Waals surface area contributed by atoms with E-state index in [0.29, 0.717) is 21.2 Å². The highest BCUT2D eigenvalue weighted by atomic mass is 35.5. The molecule has 1 aromatic heterocycles. The van der Waals surface area contributed by atoms with Gasteiger partial charge in [-0.2, -0.15) is 0 Å². The molecule has 0 bridgehead atoms. The maximum Gasteiger partial charge on any atom is 0.150 e. The standard InChI is InChI=1S/C14H17Cl3N2/c15-10-8-11(16)14(18-13(10)17)19-7-3-6-12(19)9-4-1-2-5-9/h8-9,12H,1-7H2. The summed E-state index contributed by atoms with van der Waals surface area (Å²) in [5.41, 5.74) is 0. The fourth-order valence-electron chi connectivity index (χ4n) is 3.52. The Morgan fingerprint density at radius 1 is 1.00 bits per heavy atom. The van der Waals surface area contributed by atoms with Crippen molar-refractivity contribution in [3.8, 4) is 0 Å². The van der Waals surface area contributed by atoms with Crippen LogP contribution in [0.1, 0.15) is 38.5 Å². The van der Waals surface area contributed by atoms with E-state index in [-0.39, 0.29) is 0 Å². The fourth-order valence-corrected chi connectivity index (χ4v) is 4.13. The number of halogens is 3. The van der Waals surface area contributed by atoms with Crippen LogP contribution in [-0.2, 0) is 0 Å². The number of anilines is 1. The Morgan fingerprint density at radius 2 is 1.74 bits per heavy atom. The van der Waals surface area contributed by atoms with Gasteiger partial charge in [-0.1, -0.05) is 47.6 Å². The van der Waals surface area contributed by atoms with Gasteiger partial charge >= 0.3 is 0 Å². The molecule has 1 atom stereocenters. The van der Waals surface area contributed by atoms with Crippen LogP contribution in [-0.4, -0.2) is 17.6 Å². The number of aromatic nitrogens is 1. The summed E-state index contributed by atoms with van der Waals surface area (Å²) in [6.07, 6.45) is 7.83. The van der Waals surface area contributed by atoms with Crippen molar-refractivity contribution in [2.24, 2.45) is 5.92 Å². The third-order valence-electron chi connectivity index (χ3n) is 4.38. The maximum absolute atomic E-state index is 6.31. The monoisotopic (exact) mass is 318 g/mol. The summed E-state index contributed by atoms with van der Waals surface area (Å²) >= 11 is 18.3. The molecule has 0 radical (unpaired) electrons. The molecule has 1 aliphatic heterocycles. The quantitative estimate of drug-likeness (QED) is 0.696. The molecule has 0 spiro atoms. The molecule has 1 aromatic rings. The summed E-state index contributed by atoms with van der Waals surface area (Å²) < 4.78 is 0. The largest absolute Gasteiger partial charge is 0.352 e. The highest BCUT2D eigenvalue weighted by molar-refractivity contribution is 6.42. The highest BCUT2D eigenvalue weighted by Crippen LogP contribution is 2.40. The number of rotatable bonds is 2. The third kappa shape index (κ3) is 2.68. The second kappa shape index (κ2) is 5.67. The zero-order valence-electron chi connectivity index (χ0n) is 10.7. The lowest BCUT2D eigenvalue weighted by atomic mass is 9.96. The van der Waals surface area contributed by atoms with Crippen LogP contribution in [0.5, 0.6) is 0 Å². The molecule has 1 unspecified atom stereocenters. The van der Waals surface area contributed by atoms with Gasteiger partial charge in [-0.3, -0.25) is 0 Å². The van der Waals surface area contributed by atoms with E-state index in [1.165, 1.54) is 38.5 Å². The lowest BCUT2D eigenvalue weighted by Crippen LogP contribution is -2.35. The molecule has 2 nitrogen and oxygen atoms in total. The second-order valence-corrected chi connectivity index (χ2v) is 6.69. The molecular weight excluding hydrogens is 303 g/mol. The molecule has 5 heteroatoms. The van der Waals surface area contributed by atoms with Crippen molar-refractivity contribution in [2.75, 3.05) is 11.4 Å². The molecule has 2 aliphatic rings. The molecule has 0 amide bonds. The Balaban J connectivity index is 1.89. The first-order chi connectivity index (χ1) is 9.16. The van der Waals surface area contributed by atoms with Crippen LogP contribution < -0.4 is 4.90 Å². The van der Waals surface area contributed by atoms with Gasteiger partial charge in [-0.05, 0) is 37.7 Å². The number of hydrogen-bond donors (Lipinski definition) is 0. The third-order valence-corrected chi connectivity index (χ3v) is 5.33. The summed E-state index contributed by atoms with van der Waals surface area (Å²) in [5.74, 6) is 1.60. The van der Waals surface area contributed by atoms with Gasteiger partial charge in [0.25, 0.3) is 0 Å². The molecule has 104 valence electrons. The Hall–Kier alpha value is -0.180. The number of hydrogen-bond acceptors (Lipinski definition) is 2. The lowest BCUT2D eigenvalue weighted by molar-refractivity contribution is 0.429. The summed E-state index contributed by atoms with van der Waals surface area (Å²) in [6.45, 7) is 1.02. The molecule has 2 fully saturated rings. The zero-order chi connectivity index (χ0) is 13.4. The predicted molar refractivity (Wildman–Crippen MR) is 81.6 cm³/mol. The molecule has 1 saturated carbocycles. The van der Waals surface area contributed by atoms with Crippen LogP contribution in [0.2, 0.25) is 15.2 Å². The van der Waals surface area contributed by atoms with Gasteiger partial charge in [0, 0.05) is 12.6 Å². The molecule has 1 aliphatic carbocycles. The summed E-state index contributed by atoms with van der Waals surface area (Å²) in [7, 11) is 0. The first-order valence-corrected chi connectivity index (χ1v) is 8.08. The topological polar surface area (TPSA) is 16.1 Å². The Bertz CT molecular complexity index is 472. The van der Waals surface area contributed by atoms with E-state index in [9.17, 15) is 0 Å². The van der Waals surface area contributed by atoms with Crippen LogP contribution in [0.4, 0.5) is 5.82 Å². The fraction of sp³-hybridized carbons (Fsp3) is 0.643. The Labute approximate surface area is 129 Å². The van der Waals surface area contributed by atoms with Crippen LogP contribution in [0.15, 0.2) is 6.07 Å². The summed E-state index contributed by atoms with van der Waals surface area (Å²) in [4.78, 5) is 6.75. The maximum atomic E-state index is 6.31. The van der Waals surface area contributed by atoms with Gasteiger partial charge in [0.1, 0.15) is 11.0 Å². The van der Waals surface area contributed by atoms with Crippen LogP contribution in [0.25, 0.3) is 0 Å². The predicted octanol–water partition coefficient (Wildman–Crippen LogP) is 5.20. The van der Waals surface area contributed by atoms with E-state index in [1.807, 2.05) is 0 Å². The van der Waals surface area contributed by atoms with Gasteiger partial charge in [0.15, 0.2) is 0 Å². The van der Waals surface area contributed by atoms with Crippen molar-refractivity contribution >= 4 is 40.6 Å². The van der Waals surface area contributed by atoms with Crippen molar-refractivity contribution in [2.45, 2.75) is 44.6 Å².